The molecule has 27 heavy (non-hydrogen) atoms. The third kappa shape index (κ3) is 5.84. The van der Waals surface area contributed by atoms with Crippen LogP contribution in [0.15, 0.2) is 36.4 Å². The minimum atomic E-state index is -0.131. The normalized spacial score (nSPS) is 15.7. The largest absolute Gasteiger partial charge is 0.322 e. The van der Waals surface area contributed by atoms with Crippen LogP contribution >= 0.6 is 34.8 Å². The van der Waals surface area contributed by atoms with Crippen LogP contribution in [0.4, 0.5) is 5.69 Å². The van der Waals surface area contributed by atoms with E-state index in [2.05, 4.69) is 46.3 Å². The Balaban J connectivity index is 1.48. The van der Waals surface area contributed by atoms with Crippen LogP contribution in [-0.2, 0) is 11.3 Å². The molecule has 1 amide bonds. The van der Waals surface area contributed by atoms with Gasteiger partial charge in [0.15, 0.2) is 0 Å². The molecular weight excluding hydrogens is 405 g/mol. The number of anilines is 1. The minimum Gasteiger partial charge on any atom is -0.322 e. The number of nitrogens with zero attached hydrogens (tertiary/aromatic N) is 2. The van der Waals surface area contributed by atoms with Crippen molar-refractivity contribution in [3.63, 3.8) is 0 Å². The van der Waals surface area contributed by atoms with Crippen LogP contribution in [0.2, 0.25) is 15.1 Å². The number of carbonyl (C=O) groups is 1. The van der Waals surface area contributed by atoms with E-state index in [1.165, 1.54) is 11.1 Å². The number of carbonyl (C=O) groups excluding carboxylic acids is 1. The SMILES string of the molecule is Cc1cccc(CN2CCN(CC(=O)Nc3c(Cl)cc(Cl)cc3Cl)CC2)c1. The summed E-state index contributed by atoms with van der Waals surface area (Å²) in [6, 6.07) is 11.7. The Morgan fingerprint density at radius 3 is 2.26 bits per heavy atom. The lowest BCUT2D eigenvalue weighted by atomic mass is 10.1. The first-order chi connectivity index (χ1) is 12.9. The summed E-state index contributed by atoms with van der Waals surface area (Å²) in [7, 11) is 0. The molecule has 0 aliphatic carbocycles. The lowest BCUT2D eigenvalue weighted by Crippen LogP contribution is -2.48. The van der Waals surface area contributed by atoms with Gasteiger partial charge >= 0.3 is 0 Å². The Morgan fingerprint density at radius 1 is 1.00 bits per heavy atom. The number of piperazine rings is 1. The molecule has 0 saturated carbocycles. The van der Waals surface area contributed by atoms with Crippen molar-refractivity contribution in [3.05, 3.63) is 62.6 Å². The van der Waals surface area contributed by atoms with Crippen LogP contribution in [0, 0.1) is 6.92 Å². The first-order valence-electron chi connectivity index (χ1n) is 8.85. The standard InChI is InChI=1S/C20H22Cl3N3O/c1-14-3-2-4-15(9-14)12-25-5-7-26(8-6-25)13-19(27)24-20-17(22)10-16(21)11-18(20)23/h2-4,9-11H,5-8,12-13H2,1H3,(H,24,27). The highest BCUT2D eigenvalue weighted by Gasteiger charge is 2.20. The van der Waals surface area contributed by atoms with Gasteiger partial charge in [-0.1, -0.05) is 64.6 Å². The average Bonchev–Trinajstić information content (AvgIpc) is 2.60. The van der Waals surface area contributed by atoms with Crippen molar-refractivity contribution in [2.75, 3.05) is 38.0 Å². The average molecular weight is 427 g/mol. The van der Waals surface area contributed by atoms with Crippen LogP contribution in [0.5, 0.6) is 0 Å². The monoisotopic (exact) mass is 425 g/mol. The van der Waals surface area contributed by atoms with Crippen molar-refractivity contribution in [2.24, 2.45) is 0 Å². The highest BCUT2D eigenvalue weighted by Crippen LogP contribution is 2.33. The minimum absolute atomic E-state index is 0.131. The predicted octanol–water partition coefficient (Wildman–Crippen LogP) is 4.71. The number of hydrogen-bond acceptors (Lipinski definition) is 3. The van der Waals surface area contributed by atoms with Gasteiger partial charge in [-0.05, 0) is 24.6 Å². The fraction of sp³-hybridized carbons (Fsp3) is 0.350. The third-order valence-corrected chi connectivity index (χ3v) is 5.41. The van der Waals surface area contributed by atoms with E-state index in [1.807, 2.05) is 0 Å². The highest BCUT2D eigenvalue weighted by molar-refractivity contribution is 6.42. The van der Waals surface area contributed by atoms with E-state index in [4.69, 9.17) is 34.8 Å². The van der Waals surface area contributed by atoms with E-state index >= 15 is 0 Å². The maximum Gasteiger partial charge on any atom is 0.238 e. The molecule has 1 heterocycles. The maximum atomic E-state index is 12.4. The lowest BCUT2D eigenvalue weighted by Gasteiger charge is -2.34. The molecule has 3 rings (SSSR count). The number of aryl methyl sites for hydroxylation is 1. The smallest absolute Gasteiger partial charge is 0.238 e. The molecule has 2 aromatic rings. The fourth-order valence-corrected chi connectivity index (χ4v) is 4.13. The van der Waals surface area contributed by atoms with E-state index in [0.29, 0.717) is 27.3 Å². The second-order valence-corrected chi connectivity index (χ2v) is 8.08. The molecule has 0 spiro atoms. The second kappa shape index (κ2) is 9.26. The van der Waals surface area contributed by atoms with Crippen molar-refractivity contribution in [2.45, 2.75) is 13.5 Å². The van der Waals surface area contributed by atoms with Gasteiger partial charge in [-0.15, -0.1) is 0 Å². The predicted molar refractivity (Wildman–Crippen MR) is 113 cm³/mol. The molecule has 144 valence electrons. The second-order valence-electron chi connectivity index (χ2n) is 6.83. The summed E-state index contributed by atoms with van der Waals surface area (Å²) in [5.74, 6) is -0.131. The van der Waals surface area contributed by atoms with Crippen molar-refractivity contribution in [1.29, 1.82) is 0 Å². The molecule has 1 N–H and O–H groups in total. The fourth-order valence-electron chi connectivity index (χ4n) is 3.22. The maximum absolute atomic E-state index is 12.4. The first kappa shape index (κ1) is 20.4. The van der Waals surface area contributed by atoms with Crippen molar-refractivity contribution < 1.29 is 4.79 Å². The molecule has 4 nitrogen and oxygen atoms in total. The molecule has 1 saturated heterocycles. The van der Waals surface area contributed by atoms with Gasteiger partial charge in [0.25, 0.3) is 0 Å². The van der Waals surface area contributed by atoms with Gasteiger partial charge < -0.3 is 5.32 Å². The quantitative estimate of drug-likeness (QED) is 0.752. The van der Waals surface area contributed by atoms with E-state index in [0.717, 1.165) is 32.7 Å². The number of nitrogens with one attached hydrogen (secondary N) is 1. The number of benzene rings is 2. The van der Waals surface area contributed by atoms with E-state index in [9.17, 15) is 4.79 Å². The molecule has 0 radical (unpaired) electrons. The lowest BCUT2D eigenvalue weighted by molar-refractivity contribution is -0.117. The van der Waals surface area contributed by atoms with Gasteiger partial charge in [0.2, 0.25) is 5.91 Å². The zero-order valence-corrected chi connectivity index (χ0v) is 17.4. The van der Waals surface area contributed by atoms with Crippen LogP contribution in [0.1, 0.15) is 11.1 Å². The Labute approximate surface area is 175 Å². The van der Waals surface area contributed by atoms with E-state index in [1.54, 1.807) is 12.1 Å². The molecule has 2 aromatic carbocycles. The van der Waals surface area contributed by atoms with Crippen molar-refractivity contribution in [3.8, 4) is 0 Å². The van der Waals surface area contributed by atoms with E-state index in [-0.39, 0.29) is 5.91 Å². The number of halogens is 3. The van der Waals surface area contributed by atoms with Crippen LogP contribution in [-0.4, -0.2) is 48.4 Å². The van der Waals surface area contributed by atoms with Gasteiger partial charge in [-0.25, -0.2) is 0 Å². The van der Waals surface area contributed by atoms with Crippen molar-refractivity contribution in [1.82, 2.24) is 9.80 Å². The molecule has 0 atom stereocenters. The molecule has 1 aliphatic rings. The molecule has 0 unspecified atom stereocenters. The Bertz CT molecular complexity index is 797. The zero-order chi connectivity index (χ0) is 19.4. The summed E-state index contributed by atoms with van der Waals surface area (Å²) in [5, 5.41) is 3.91. The molecule has 1 aliphatic heterocycles. The van der Waals surface area contributed by atoms with Gasteiger partial charge in [0, 0.05) is 37.7 Å². The topological polar surface area (TPSA) is 35.6 Å². The van der Waals surface area contributed by atoms with Crippen LogP contribution < -0.4 is 5.32 Å². The van der Waals surface area contributed by atoms with Gasteiger partial charge in [-0.3, -0.25) is 14.6 Å². The summed E-state index contributed by atoms with van der Waals surface area (Å²) in [6.45, 7) is 6.93. The van der Waals surface area contributed by atoms with Crippen molar-refractivity contribution >= 4 is 46.4 Å². The summed E-state index contributed by atoms with van der Waals surface area (Å²) in [4.78, 5) is 16.9. The molecule has 0 aromatic heterocycles. The van der Waals surface area contributed by atoms with E-state index < -0.39 is 0 Å². The van der Waals surface area contributed by atoms with Gasteiger partial charge in [0.05, 0.1) is 22.3 Å². The number of hydrogen-bond donors (Lipinski definition) is 1. The Hall–Kier alpha value is -1.30. The Morgan fingerprint density at radius 2 is 1.63 bits per heavy atom. The van der Waals surface area contributed by atoms with Crippen LogP contribution in [0.25, 0.3) is 0 Å². The summed E-state index contributed by atoms with van der Waals surface area (Å²) in [5.41, 5.74) is 3.02. The van der Waals surface area contributed by atoms with Gasteiger partial charge in [0.1, 0.15) is 0 Å². The summed E-state index contributed by atoms with van der Waals surface area (Å²) >= 11 is 18.2. The number of rotatable bonds is 5. The number of amides is 1. The molecule has 0 bridgehead atoms. The Kier molecular flexibility index (Phi) is 7.01. The summed E-state index contributed by atoms with van der Waals surface area (Å²) in [6.07, 6.45) is 0. The third-order valence-electron chi connectivity index (χ3n) is 4.59. The first-order valence-corrected chi connectivity index (χ1v) is 9.99. The highest BCUT2D eigenvalue weighted by atomic mass is 35.5. The van der Waals surface area contributed by atoms with Crippen LogP contribution in [0.3, 0.4) is 0 Å². The molecular formula is C20H22Cl3N3O. The van der Waals surface area contributed by atoms with Gasteiger partial charge in [-0.2, -0.15) is 0 Å². The zero-order valence-electron chi connectivity index (χ0n) is 15.1. The molecule has 1 fully saturated rings. The molecule has 7 heteroatoms. The summed E-state index contributed by atoms with van der Waals surface area (Å²) < 4.78 is 0.